The Balaban J connectivity index is 2.06. The Morgan fingerprint density at radius 3 is 2.38 bits per heavy atom. The number of sulfonamides is 1. The lowest BCUT2D eigenvalue weighted by atomic mass is 9.82. The second-order valence-electron chi connectivity index (χ2n) is 6.71. The number of primary sulfonamides is 1. The van der Waals surface area contributed by atoms with E-state index in [1.807, 2.05) is 0 Å². The smallest absolute Gasteiger partial charge is 0.225 e. The summed E-state index contributed by atoms with van der Waals surface area (Å²) in [6.45, 7) is 2.07. The molecule has 3 rings (SSSR count). The average Bonchev–Trinajstić information content (AvgIpc) is 3.00. The van der Waals surface area contributed by atoms with Crippen LogP contribution in [0.25, 0.3) is 5.69 Å². The van der Waals surface area contributed by atoms with Crippen molar-refractivity contribution >= 4 is 10.0 Å². The minimum Gasteiger partial charge on any atom is -0.225 e. The molecule has 1 heterocycles. The summed E-state index contributed by atoms with van der Waals surface area (Å²) in [5.41, 5.74) is 0.314. The highest BCUT2D eigenvalue weighted by atomic mass is 32.2. The normalized spacial score (nSPS) is 21.7. The summed E-state index contributed by atoms with van der Waals surface area (Å²) < 4.78 is 63.3. The van der Waals surface area contributed by atoms with Crippen LogP contribution >= 0.6 is 0 Å². The molecule has 0 radical (unpaired) electrons. The van der Waals surface area contributed by atoms with Crippen LogP contribution in [0.4, 0.5) is 13.2 Å². The number of benzene rings is 1. The standard InChI is InChI=1S/C16H19F3N4O2S/c1-10-3-2-4-11(9-10)14-21-15(16(17,18)19)22-23(14)12-5-7-13(8-6-12)26(20,24)25/h5-8,10-11H,2-4,9H2,1H3,(H2,20,24,25). The topological polar surface area (TPSA) is 90.9 Å². The summed E-state index contributed by atoms with van der Waals surface area (Å²) in [7, 11) is -3.88. The third kappa shape index (κ3) is 3.90. The maximum absolute atomic E-state index is 13.1. The van der Waals surface area contributed by atoms with Crippen LogP contribution in [0.5, 0.6) is 0 Å². The van der Waals surface area contributed by atoms with Crippen molar-refractivity contribution < 1.29 is 21.6 Å². The van der Waals surface area contributed by atoms with E-state index >= 15 is 0 Å². The first-order valence-corrected chi connectivity index (χ1v) is 9.77. The number of hydrogen-bond acceptors (Lipinski definition) is 4. The van der Waals surface area contributed by atoms with Gasteiger partial charge in [-0.2, -0.15) is 13.2 Å². The van der Waals surface area contributed by atoms with Gasteiger partial charge in [0.15, 0.2) is 0 Å². The van der Waals surface area contributed by atoms with Gasteiger partial charge in [0.2, 0.25) is 10.0 Å². The van der Waals surface area contributed by atoms with E-state index in [0.717, 1.165) is 25.7 Å². The first-order valence-electron chi connectivity index (χ1n) is 8.23. The first-order chi connectivity index (χ1) is 12.1. The third-order valence-corrected chi connectivity index (χ3v) is 5.53. The summed E-state index contributed by atoms with van der Waals surface area (Å²) in [5, 5.41) is 8.70. The van der Waals surface area contributed by atoms with Crippen molar-refractivity contribution in [3.8, 4) is 5.69 Å². The van der Waals surface area contributed by atoms with E-state index in [9.17, 15) is 21.6 Å². The number of hydrogen-bond donors (Lipinski definition) is 1. The maximum Gasteiger partial charge on any atom is 0.453 e. The second-order valence-corrected chi connectivity index (χ2v) is 8.27. The Morgan fingerprint density at radius 2 is 1.85 bits per heavy atom. The van der Waals surface area contributed by atoms with Gasteiger partial charge < -0.3 is 0 Å². The molecule has 2 aromatic rings. The zero-order valence-electron chi connectivity index (χ0n) is 14.1. The van der Waals surface area contributed by atoms with Gasteiger partial charge in [-0.05, 0) is 43.0 Å². The number of nitrogens with two attached hydrogens (primary N) is 1. The van der Waals surface area contributed by atoms with Gasteiger partial charge in [0, 0.05) is 5.92 Å². The van der Waals surface area contributed by atoms with Crippen LogP contribution in [-0.2, 0) is 16.2 Å². The van der Waals surface area contributed by atoms with Crippen molar-refractivity contribution in [1.82, 2.24) is 14.8 Å². The Kier molecular flexibility index (Phi) is 4.82. The molecule has 1 aromatic carbocycles. The molecule has 0 spiro atoms. The van der Waals surface area contributed by atoms with Crippen LogP contribution in [0.1, 0.15) is 50.2 Å². The van der Waals surface area contributed by atoms with E-state index in [1.54, 1.807) is 0 Å². The van der Waals surface area contributed by atoms with Crippen molar-refractivity contribution in [1.29, 1.82) is 0 Å². The molecule has 26 heavy (non-hydrogen) atoms. The molecule has 1 aromatic heterocycles. The Labute approximate surface area is 149 Å². The highest BCUT2D eigenvalue weighted by Crippen LogP contribution is 2.37. The zero-order chi connectivity index (χ0) is 19.1. The van der Waals surface area contributed by atoms with Crippen molar-refractivity contribution in [2.75, 3.05) is 0 Å². The molecule has 10 heteroatoms. The van der Waals surface area contributed by atoms with E-state index in [-0.39, 0.29) is 16.6 Å². The first kappa shape index (κ1) is 18.8. The van der Waals surface area contributed by atoms with Crippen LogP contribution in [0.2, 0.25) is 0 Å². The zero-order valence-corrected chi connectivity index (χ0v) is 14.9. The van der Waals surface area contributed by atoms with Gasteiger partial charge >= 0.3 is 6.18 Å². The lowest BCUT2D eigenvalue weighted by Gasteiger charge is -2.26. The summed E-state index contributed by atoms with van der Waals surface area (Å²) in [6, 6.07) is 5.24. The highest BCUT2D eigenvalue weighted by Gasteiger charge is 2.38. The quantitative estimate of drug-likeness (QED) is 0.874. The summed E-state index contributed by atoms with van der Waals surface area (Å²) >= 11 is 0. The monoisotopic (exact) mass is 388 g/mol. The van der Waals surface area contributed by atoms with Crippen molar-refractivity contribution in [3.05, 3.63) is 35.9 Å². The molecule has 1 aliphatic rings. The van der Waals surface area contributed by atoms with E-state index in [1.165, 1.54) is 28.9 Å². The number of aromatic nitrogens is 3. The Bertz CT molecular complexity index is 891. The SMILES string of the molecule is CC1CCCC(c2nc(C(F)(F)F)nn2-c2ccc(S(N)(=O)=O)cc2)C1. The third-order valence-electron chi connectivity index (χ3n) is 4.60. The number of nitrogens with zero attached hydrogens (tertiary/aromatic N) is 3. The molecule has 0 saturated heterocycles. The number of halogens is 3. The van der Waals surface area contributed by atoms with Crippen LogP contribution in [0.3, 0.4) is 0 Å². The van der Waals surface area contributed by atoms with Crippen LogP contribution in [0, 0.1) is 5.92 Å². The number of rotatable bonds is 3. The fourth-order valence-corrected chi connectivity index (χ4v) is 3.86. The Morgan fingerprint density at radius 1 is 1.19 bits per heavy atom. The van der Waals surface area contributed by atoms with Gasteiger partial charge in [-0.25, -0.2) is 23.2 Å². The van der Waals surface area contributed by atoms with Crippen LogP contribution in [-0.4, -0.2) is 23.2 Å². The lowest BCUT2D eigenvalue weighted by molar-refractivity contribution is -0.144. The van der Waals surface area contributed by atoms with E-state index in [4.69, 9.17) is 5.14 Å². The molecule has 1 aliphatic carbocycles. The van der Waals surface area contributed by atoms with Crippen molar-refractivity contribution in [2.45, 2.75) is 49.6 Å². The van der Waals surface area contributed by atoms with Crippen LogP contribution < -0.4 is 5.14 Å². The minimum absolute atomic E-state index is 0.120. The fourth-order valence-electron chi connectivity index (χ4n) is 3.34. The molecule has 2 atom stereocenters. The minimum atomic E-state index is -4.65. The molecule has 142 valence electrons. The molecule has 0 bridgehead atoms. The fraction of sp³-hybridized carbons (Fsp3) is 0.500. The molecule has 1 fully saturated rings. The van der Waals surface area contributed by atoms with Gasteiger partial charge in [0.1, 0.15) is 5.82 Å². The molecule has 6 nitrogen and oxygen atoms in total. The predicted molar refractivity (Wildman–Crippen MR) is 88.1 cm³/mol. The highest BCUT2D eigenvalue weighted by molar-refractivity contribution is 7.89. The van der Waals surface area contributed by atoms with Gasteiger partial charge in [-0.1, -0.05) is 19.8 Å². The second kappa shape index (κ2) is 6.66. The average molecular weight is 388 g/mol. The van der Waals surface area contributed by atoms with E-state index < -0.39 is 22.0 Å². The van der Waals surface area contributed by atoms with E-state index in [0.29, 0.717) is 11.6 Å². The maximum atomic E-state index is 13.1. The van der Waals surface area contributed by atoms with Gasteiger partial charge in [-0.3, -0.25) is 0 Å². The molecular weight excluding hydrogens is 369 g/mol. The lowest BCUT2D eigenvalue weighted by Crippen LogP contribution is -2.16. The molecule has 0 aliphatic heterocycles. The van der Waals surface area contributed by atoms with Crippen molar-refractivity contribution in [3.63, 3.8) is 0 Å². The summed E-state index contributed by atoms with van der Waals surface area (Å²) in [4.78, 5) is 3.65. The Hall–Kier alpha value is -1.94. The van der Waals surface area contributed by atoms with E-state index in [2.05, 4.69) is 17.0 Å². The molecular formula is C16H19F3N4O2S. The largest absolute Gasteiger partial charge is 0.453 e. The van der Waals surface area contributed by atoms with Crippen LogP contribution in [0.15, 0.2) is 29.2 Å². The molecule has 2 unspecified atom stereocenters. The molecule has 1 saturated carbocycles. The van der Waals surface area contributed by atoms with Gasteiger partial charge in [0.05, 0.1) is 10.6 Å². The summed E-state index contributed by atoms with van der Waals surface area (Å²) in [6.07, 6.45) is -1.20. The predicted octanol–water partition coefficient (Wildman–Crippen LogP) is 3.23. The van der Waals surface area contributed by atoms with Gasteiger partial charge in [0.25, 0.3) is 5.82 Å². The number of alkyl halides is 3. The van der Waals surface area contributed by atoms with Gasteiger partial charge in [-0.15, -0.1) is 5.10 Å². The molecule has 2 N–H and O–H groups in total. The molecule has 0 amide bonds. The van der Waals surface area contributed by atoms with Crippen molar-refractivity contribution in [2.24, 2.45) is 11.1 Å². The summed E-state index contributed by atoms with van der Waals surface area (Å²) in [5.74, 6) is -0.660.